The monoisotopic (exact) mass is 902 g/mol. The van der Waals surface area contributed by atoms with Crippen LogP contribution >= 0.6 is 46.7 Å². The Morgan fingerprint density at radius 1 is 0.672 bits per heavy atom. The first kappa shape index (κ1) is 42.6. The lowest BCUT2D eigenvalue weighted by atomic mass is 9.78. The minimum absolute atomic E-state index is 0.0899. The molecule has 3 aromatic carbocycles. The number of thioether (sulfide) groups is 2. The predicted molar refractivity (Wildman–Crippen MR) is 233 cm³/mol. The molecule has 1 fully saturated rings. The highest BCUT2D eigenvalue weighted by Gasteiger charge is 2.24. The van der Waals surface area contributed by atoms with Crippen LogP contribution in [0.4, 0.5) is 13.2 Å². The lowest BCUT2D eigenvalue weighted by Gasteiger charge is -2.28. The number of benzene rings is 3. The predicted octanol–water partition coefficient (Wildman–Crippen LogP) is 10.5. The topological polar surface area (TPSA) is 149 Å². The van der Waals surface area contributed by atoms with Gasteiger partial charge in [0.2, 0.25) is 0 Å². The molecule has 4 N–H and O–H groups in total. The fourth-order valence-electron chi connectivity index (χ4n) is 7.71. The summed E-state index contributed by atoms with van der Waals surface area (Å²) in [5.41, 5.74) is 5.61. The molecule has 8 rings (SSSR count). The summed E-state index contributed by atoms with van der Waals surface area (Å²) in [7, 11) is 0. The minimum atomic E-state index is -0.696. The SMILES string of the molecule is O=c1cc(CC2CCC(CCc3c(Cc4cc(F)cc(F)c4)nc(SCc4[nH]nc(-c5ccccc5)c4Cl)[nH]c3=O)CC2)nc(SCc2[nH]nc(-c3ccc(F)cc3)c2Cl)[nH]1. The van der Waals surface area contributed by atoms with E-state index in [4.69, 9.17) is 33.2 Å². The largest absolute Gasteiger partial charge is 0.301 e. The molecule has 1 saturated carbocycles. The number of aromatic nitrogens is 8. The molecule has 4 heterocycles. The maximum Gasteiger partial charge on any atom is 0.254 e. The van der Waals surface area contributed by atoms with Gasteiger partial charge >= 0.3 is 0 Å². The molecule has 10 nitrogen and oxygen atoms in total. The van der Waals surface area contributed by atoms with E-state index in [9.17, 15) is 22.8 Å². The fraction of sp³-hybridized carbons (Fsp3) is 0.273. The summed E-state index contributed by atoms with van der Waals surface area (Å²) >= 11 is 15.9. The molecular formula is C44H39Cl2F3N8O2S2. The van der Waals surface area contributed by atoms with Crippen LogP contribution in [0.15, 0.2) is 98.8 Å². The van der Waals surface area contributed by atoms with Crippen LogP contribution in [-0.2, 0) is 30.8 Å². The zero-order valence-electron chi connectivity index (χ0n) is 32.5. The Morgan fingerprint density at radius 3 is 1.90 bits per heavy atom. The number of hydrogen-bond donors (Lipinski definition) is 4. The Kier molecular flexibility index (Phi) is 13.5. The van der Waals surface area contributed by atoms with Crippen molar-refractivity contribution in [1.82, 2.24) is 40.3 Å². The zero-order chi connectivity index (χ0) is 42.5. The van der Waals surface area contributed by atoms with E-state index >= 15 is 0 Å². The Balaban J connectivity index is 0.886. The summed E-state index contributed by atoms with van der Waals surface area (Å²) < 4.78 is 41.9. The van der Waals surface area contributed by atoms with Gasteiger partial charge in [0.15, 0.2) is 10.3 Å². The Morgan fingerprint density at radius 2 is 1.26 bits per heavy atom. The summed E-state index contributed by atoms with van der Waals surface area (Å²) in [4.78, 5) is 41.6. The van der Waals surface area contributed by atoms with Crippen molar-refractivity contribution >= 4 is 46.7 Å². The third-order valence-corrected chi connectivity index (χ3v) is 13.4. The van der Waals surface area contributed by atoms with Crippen LogP contribution in [0.5, 0.6) is 0 Å². The first-order chi connectivity index (χ1) is 29.5. The maximum atomic E-state index is 14.2. The first-order valence-electron chi connectivity index (χ1n) is 19.7. The van der Waals surface area contributed by atoms with E-state index in [2.05, 4.69) is 30.4 Å². The highest BCUT2D eigenvalue weighted by molar-refractivity contribution is 7.98. The van der Waals surface area contributed by atoms with Crippen molar-refractivity contribution in [2.45, 2.75) is 73.2 Å². The van der Waals surface area contributed by atoms with Crippen molar-refractivity contribution in [2.24, 2.45) is 11.8 Å². The van der Waals surface area contributed by atoms with Crippen molar-refractivity contribution < 1.29 is 13.2 Å². The molecular weight excluding hydrogens is 865 g/mol. The van der Waals surface area contributed by atoms with Crippen molar-refractivity contribution in [3.63, 3.8) is 0 Å². The Bertz CT molecular complexity index is 2730. The van der Waals surface area contributed by atoms with Gasteiger partial charge in [0, 0.05) is 52.4 Å². The highest BCUT2D eigenvalue weighted by Crippen LogP contribution is 2.36. The lowest BCUT2D eigenvalue weighted by molar-refractivity contribution is 0.261. The normalized spacial score (nSPS) is 15.4. The third kappa shape index (κ3) is 10.7. The average molecular weight is 904 g/mol. The zero-order valence-corrected chi connectivity index (χ0v) is 35.7. The standard InChI is InChI=1S/C44H39Cl2F3N8O2S2/c45-38-36(54-56-40(38)27-4-2-1-3-5-27)23-61-44-51-34(19-26-16-30(48)20-31(49)17-26)33(42(59)53-44)15-10-24-6-8-25(9-7-24)18-32-21-37(58)52-43(50-32)60-22-35-39(46)41(57-55-35)28-11-13-29(47)14-12-28/h1-5,11-14,16-17,20-21,24-25H,6-10,15,18-19,22-23H2,(H,54,56)(H,55,57)(H,50,52,58)(H,51,53,59). The number of hydrogen-bond acceptors (Lipinski definition) is 8. The van der Waals surface area contributed by atoms with Gasteiger partial charge in [-0.25, -0.2) is 23.1 Å². The third-order valence-electron chi connectivity index (χ3n) is 10.8. The second-order valence-corrected chi connectivity index (χ2v) is 17.8. The molecule has 0 atom stereocenters. The van der Waals surface area contributed by atoms with Gasteiger partial charge in [0.25, 0.3) is 11.1 Å². The number of nitrogens with one attached hydrogen (secondary N) is 4. The number of rotatable bonds is 15. The quantitative estimate of drug-likeness (QED) is 0.0587. The van der Waals surface area contributed by atoms with Crippen LogP contribution in [0.2, 0.25) is 10.0 Å². The van der Waals surface area contributed by atoms with Gasteiger partial charge in [0.05, 0.1) is 27.1 Å². The van der Waals surface area contributed by atoms with Crippen molar-refractivity contribution in [3.05, 3.63) is 161 Å². The van der Waals surface area contributed by atoms with Crippen molar-refractivity contribution in [3.8, 4) is 22.5 Å². The van der Waals surface area contributed by atoms with E-state index in [1.807, 2.05) is 30.3 Å². The average Bonchev–Trinajstić information content (AvgIpc) is 3.80. The van der Waals surface area contributed by atoms with Crippen molar-refractivity contribution in [2.75, 3.05) is 0 Å². The molecule has 4 aromatic heterocycles. The van der Waals surface area contributed by atoms with E-state index in [0.717, 1.165) is 49.4 Å². The molecule has 1 aliphatic rings. The molecule has 314 valence electrons. The van der Waals surface area contributed by atoms with Crippen LogP contribution in [0.1, 0.15) is 66.0 Å². The van der Waals surface area contributed by atoms with E-state index in [0.29, 0.717) is 102 Å². The summed E-state index contributed by atoms with van der Waals surface area (Å²) in [6.07, 6.45) is 5.75. The number of aromatic amines is 4. The van der Waals surface area contributed by atoms with Gasteiger partial charge in [-0.1, -0.05) is 89.9 Å². The fourth-order valence-corrected chi connectivity index (χ4v) is 10.1. The molecule has 61 heavy (non-hydrogen) atoms. The molecule has 0 spiro atoms. The maximum absolute atomic E-state index is 14.2. The molecule has 0 aliphatic heterocycles. The molecule has 0 amide bonds. The Labute approximate surface area is 366 Å². The second-order valence-electron chi connectivity index (χ2n) is 15.1. The molecule has 1 aliphatic carbocycles. The van der Waals surface area contributed by atoms with Crippen LogP contribution in [-0.4, -0.2) is 40.3 Å². The van der Waals surface area contributed by atoms with Crippen LogP contribution in [0.25, 0.3) is 22.5 Å². The summed E-state index contributed by atoms with van der Waals surface area (Å²) in [6.45, 7) is 0. The van der Waals surface area contributed by atoms with Gasteiger partial charge in [-0.3, -0.25) is 19.8 Å². The Hall–Kier alpha value is -5.09. The van der Waals surface area contributed by atoms with Gasteiger partial charge in [-0.2, -0.15) is 10.2 Å². The first-order valence-corrected chi connectivity index (χ1v) is 22.5. The minimum Gasteiger partial charge on any atom is -0.301 e. The highest BCUT2D eigenvalue weighted by atomic mass is 35.5. The second kappa shape index (κ2) is 19.3. The van der Waals surface area contributed by atoms with Gasteiger partial charge < -0.3 is 9.97 Å². The van der Waals surface area contributed by atoms with E-state index < -0.39 is 11.6 Å². The molecule has 0 unspecified atom stereocenters. The summed E-state index contributed by atoms with van der Waals surface area (Å²) in [6, 6.07) is 20.4. The van der Waals surface area contributed by atoms with Crippen LogP contribution in [0.3, 0.4) is 0 Å². The number of nitrogens with zero attached hydrogens (tertiary/aromatic N) is 4. The summed E-state index contributed by atoms with van der Waals surface area (Å²) in [5, 5.41) is 16.4. The molecule has 0 radical (unpaired) electrons. The van der Waals surface area contributed by atoms with Crippen molar-refractivity contribution in [1.29, 1.82) is 0 Å². The van der Waals surface area contributed by atoms with Crippen LogP contribution < -0.4 is 11.1 Å². The smallest absolute Gasteiger partial charge is 0.254 e. The van der Waals surface area contributed by atoms with Crippen LogP contribution in [0, 0.1) is 29.3 Å². The summed E-state index contributed by atoms with van der Waals surface area (Å²) in [5.74, 6) is -0.290. The number of halogens is 5. The molecule has 0 bridgehead atoms. The molecule has 17 heteroatoms. The molecule has 0 saturated heterocycles. The van der Waals surface area contributed by atoms with E-state index in [-0.39, 0.29) is 23.4 Å². The van der Waals surface area contributed by atoms with Gasteiger partial charge in [-0.05, 0) is 85.9 Å². The lowest BCUT2D eigenvalue weighted by Crippen LogP contribution is -2.22. The molecule has 7 aromatic rings. The van der Waals surface area contributed by atoms with Gasteiger partial charge in [0.1, 0.15) is 28.8 Å². The van der Waals surface area contributed by atoms with E-state index in [1.54, 1.807) is 18.2 Å². The number of H-pyrrole nitrogens is 4. The van der Waals surface area contributed by atoms with E-state index in [1.165, 1.54) is 47.8 Å². The van der Waals surface area contributed by atoms with Gasteiger partial charge in [-0.15, -0.1) is 0 Å².